The lowest BCUT2D eigenvalue weighted by Gasteiger charge is -2.41. The first kappa shape index (κ1) is 16.3. The van der Waals surface area contributed by atoms with Crippen LogP contribution in [0.1, 0.15) is 25.5 Å². The number of β-amino-alcohol motifs (C(OH)–C–C–N with tert-alkyl or cyclic N) is 1. The highest BCUT2D eigenvalue weighted by Gasteiger charge is 2.28. The number of hydrogen-bond donors (Lipinski definition) is 1. The molecule has 1 aromatic rings. The van der Waals surface area contributed by atoms with Crippen molar-refractivity contribution in [3.63, 3.8) is 0 Å². The average Bonchev–Trinajstić information content (AvgIpc) is 2.50. The van der Waals surface area contributed by atoms with Gasteiger partial charge in [0.25, 0.3) is 0 Å². The molecule has 1 aliphatic rings. The lowest BCUT2D eigenvalue weighted by molar-refractivity contribution is 0.0658. The Bertz CT molecular complexity index is 429. The van der Waals surface area contributed by atoms with Gasteiger partial charge in [-0.05, 0) is 12.0 Å². The SMILES string of the molecule is COc1ccccc1C(C(C)C)N1CCN(CCO)CC1. The van der Waals surface area contributed by atoms with Crippen LogP contribution in [0.3, 0.4) is 0 Å². The van der Waals surface area contributed by atoms with Gasteiger partial charge in [-0.3, -0.25) is 9.80 Å². The standard InChI is InChI=1S/C17H28N2O2/c1-14(2)17(15-6-4-5-7-16(15)21-3)19-10-8-18(9-11-19)12-13-20/h4-7,14,17,20H,8-13H2,1-3H3. The topological polar surface area (TPSA) is 35.9 Å². The van der Waals surface area contributed by atoms with Gasteiger partial charge in [0.05, 0.1) is 13.7 Å². The second kappa shape index (κ2) is 7.78. The number of hydrogen-bond acceptors (Lipinski definition) is 4. The number of methoxy groups -OCH3 is 1. The van der Waals surface area contributed by atoms with Gasteiger partial charge in [-0.25, -0.2) is 0 Å². The van der Waals surface area contributed by atoms with E-state index >= 15 is 0 Å². The molecule has 1 unspecified atom stereocenters. The van der Waals surface area contributed by atoms with Crippen LogP contribution in [0.2, 0.25) is 0 Å². The molecule has 118 valence electrons. The number of para-hydroxylation sites is 1. The smallest absolute Gasteiger partial charge is 0.123 e. The highest BCUT2D eigenvalue weighted by atomic mass is 16.5. The number of ether oxygens (including phenoxy) is 1. The van der Waals surface area contributed by atoms with Crippen molar-refractivity contribution in [3.8, 4) is 5.75 Å². The Morgan fingerprint density at radius 1 is 1.14 bits per heavy atom. The molecule has 1 heterocycles. The molecule has 1 saturated heterocycles. The van der Waals surface area contributed by atoms with Crippen molar-refractivity contribution in [1.82, 2.24) is 9.80 Å². The van der Waals surface area contributed by atoms with Gasteiger partial charge in [0, 0.05) is 44.3 Å². The van der Waals surface area contributed by atoms with Crippen LogP contribution in [0, 0.1) is 5.92 Å². The fourth-order valence-electron chi connectivity index (χ4n) is 3.29. The van der Waals surface area contributed by atoms with Crippen LogP contribution in [0.25, 0.3) is 0 Å². The molecule has 0 aliphatic carbocycles. The molecule has 21 heavy (non-hydrogen) atoms. The molecule has 1 aromatic carbocycles. The Labute approximate surface area is 128 Å². The van der Waals surface area contributed by atoms with E-state index in [1.165, 1.54) is 5.56 Å². The molecule has 1 atom stereocenters. The molecule has 0 spiro atoms. The van der Waals surface area contributed by atoms with Gasteiger partial charge >= 0.3 is 0 Å². The molecule has 0 amide bonds. The maximum absolute atomic E-state index is 9.06. The molecule has 0 radical (unpaired) electrons. The summed E-state index contributed by atoms with van der Waals surface area (Å²) in [5.41, 5.74) is 1.28. The van der Waals surface area contributed by atoms with E-state index in [4.69, 9.17) is 9.84 Å². The average molecular weight is 292 g/mol. The van der Waals surface area contributed by atoms with E-state index in [2.05, 4.69) is 35.8 Å². The number of piperazine rings is 1. The van der Waals surface area contributed by atoms with Gasteiger partial charge in [0.15, 0.2) is 0 Å². The minimum Gasteiger partial charge on any atom is -0.496 e. The quantitative estimate of drug-likeness (QED) is 0.870. The zero-order valence-corrected chi connectivity index (χ0v) is 13.5. The van der Waals surface area contributed by atoms with Crippen LogP contribution >= 0.6 is 0 Å². The zero-order valence-electron chi connectivity index (χ0n) is 13.5. The molecule has 1 aliphatic heterocycles. The summed E-state index contributed by atoms with van der Waals surface area (Å²) >= 11 is 0. The van der Waals surface area contributed by atoms with Crippen molar-refractivity contribution in [3.05, 3.63) is 29.8 Å². The van der Waals surface area contributed by atoms with E-state index < -0.39 is 0 Å². The first-order valence-electron chi connectivity index (χ1n) is 7.87. The van der Waals surface area contributed by atoms with Gasteiger partial charge in [-0.2, -0.15) is 0 Å². The van der Waals surface area contributed by atoms with E-state index in [9.17, 15) is 0 Å². The van der Waals surface area contributed by atoms with Crippen molar-refractivity contribution >= 4 is 0 Å². The van der Waals surface area contributed by atoms with Crippen LogP contribution in [-0.2, 0) is 0 Å². The molecule has 2 rings (SSSR count). The van der Waals surface area contributed by atoms with E-state index in [0.29, 0.717) is 12.0 Å². The number of nitrogens with zero attached hydrogens (tertiary/aromatic N) is 2. The van der Waals surface area contributed by atoms with Gasteiger partial charge < -0.3 is 9.84 Å². The summed E-state index contributed by atoms with van der Waals surface area (Å²) in [6.45, 7) is 9.73. The second-order valence-electron chi connectivity index (χ2n) is 6.03. The largest absolute Gasteiger partial charge is 0.496 e. The predicted octanol–water partition coefficient (Wildman–Crippen LogP) is 2.00. The Kier molecular flexibility index (Phi) is 6.03. The highest BCUT2D eigenvalue weighted by Crippen LogP contribution is 2.35. The lowest BCUT2D eigenvalue weighted by atomic mass is 9.93. The fourth-order valence-corrected chi connectivity index (χ4v) is 3.29. The Hall–Kier alpha value is -1.10. The third-order valence-electron chi connectivity index (χ3n) is 4.31. The first-order valence-corrected chi connectivity index (χ1v) is 7.87. The molecular weight excluding hydrogens is 264 g/mol. The highest BCUT2D eigenvalue weighted by molar-refractivity contribution is 5.36. The third kappa shape index (κ3) is 3.96. The third-order valence-corrected chi connectivity index (χ3v) is 4.31. The number of aliphatic hydroxyl groups excluding tert-OH is 1. The molecule has 1 fully saturated rings. The number of rotatable bonds is 6. The maximum Gasteiger partial charge on any atom is 0.123 e. The fraction of sp³-hybridized carbons (Fsp3) is 0.647. The number of benzene rings is 1. The summed E-state index contributed by atoms with van der Waals surface area (Å²) in [6.07, 6.45) is 0. The van der Waals surface area contributed by atoms with Gasteiger partial charge in [-0.1, -0.05) is 32.0 Å². The van der Waals surface area contributed by atoms with Crippen LogP contribution in [0.5, 0.6) is 5.75 Å². The van der Waals surface area contributed by atoms with Crippen molar-refractivity contribution < 1.29 is 9.84 Å². The summed E-state index contributed by atoms with van der Waals surface area (Å²) in [7, 11) is 1.75. The minimum absolute atomic E-state index is 0.250. The number of aliphatic hydroxyl groups is 1. The van der Waals surface area contributed by atoms with E-state index in [1.807, 2.05) is 12.1 Å². The normalized spacial score (nSPS) is 18.9. The molecule has 0 bridgehead atoms. The summed E-state index contributed by atoms with van der Waals surface area (Å²) < 4.78 is 5.56. The summed E-state index contributed by atoms with van der Waals surface area (Å²) in [4.78, 5) is 4.88. The summed E-state index contributed by atoms with van der Waals surface area (Å²) in [6, 6.07) is 8.74. The Morgan fingerprint density at radius 2 is 1.81 bits per heavy atom. The second-order valence-corrected chi connectivity index (χ2v) is 6.03. The molecule has 0 saturated carbocycles. The monoisotopic (exact) mass is 292 g/mol. The molecule has 1 N–H and O–H groups in total. The van der Waals surface area contributed by atoms with Crippen LogP contribution in [0.4, 0.5) is 0 Å². The van der Waals surface area contributed by atoms with Crippen molar-refractivity contribution in [2.24, 2.45) is 5.92 Å². The van der Waals surface area contributed by atoms with E-state index in [-0.39, 0.29) is 6.61 Å². The van der Waals surface area contributed by atoms with Crippen molar-refractivity contribution in [1.29, 1.82) is 0 Å². The first-order chi connectivity index (χ1) is 10.2. The molecule has 4 nitrogen and oxygen atoms in total. The molecule has 0 aromatic heterocycles. The predicted molar refractivity (Wildman–Crippen MR) is 85.7 cm³/mol. The van der Waals surface area contributed by atoms with Crippen LogP contribution in [-0.4, -0.2) is 61.3 Å². The minimum atomic E-state index is 0.250. The molecular formula is C17H28N2O2. The summed E-state index contributed by atoms with van der Waals surface area (Å²) in [5, 5.41) is 9.06. The Morgan fingerprint density at radius 3 is 2.38 bits per heavy atom. The Balaban J connectivity index is 2.13. The van der Waals surface area contributed by atoms with Gasteiger partial charge in [0.2, 0.25) is 0 Å². The van der Waals surface area contributed by atoms with Gasteiger partial charge in [0.1, 0.15) is 5.75 Å². The van der Waals surface area contributed by atoms with Crippen LogP contribution in [0.15, 0.2) is 24.3 Å². The zero-order chi connectivity index (χ0) is 15.2. The van der Waals surface area contributed by atoms with E-state index in [0.717, 1.165) is 38.5 Å². The maximum atomic E-state index is 9.06. The van der Waals surface area contributed by atoms with Crippen LogP contribution < -0.4 is 4.74 Å². The van der Waals surface area contributed by atoms with Crippen molar-refractivity contribution in [2.45, 2.75) is 19.9 Å². The van der Waals surface area contributed by atoms with Gasteiger partial charge in [-0.15, -0.1) is 0 Å². The van der Waals surface area contributed by atoms with Crippen molar-refractivity contribution in [2.75, 3.05) is 46.4 Å². The van der Waals surface area contributed by atoms with E-state index in [1.54, 1.807) is 7.11 Å². The lowest BCUT2D eigenvalue weighted by Crippen LogP contribution is -2.49. The summed E-state index contributed by atoms with van der Waals surface area (Å²) in [5.74, 6) is 1.51. The molecule has 4 heteroatoms.